The molecule has 1 aliphatic heterocycles. The van der Waals surface area contributed by atoms with Crippen LogP contribution in [0.4, 0.5) is 5.69 Å². The van der Waals surface area contributed by atoms with E-state index in [1.807, 2.05) is 27.2 Å². The summed E-state index contributed by atoms with van der Waals surface area (Å²) in [5.74, 6) is 0.168. The Labute approximate surface area is 115 Å². The first-order valence-corrected chi connectivity index (χ1v) is 6.66. The third kappa shape index (κ3) is 2.38. The number of rotatable bonds is 4. The van der Waals surface area contributed by atoms with E-state index in [2.05, 4.69) is 36.6 Å². The van der Waals surface area contributed by atoms with E-state index in [4.69, 9.17) is 0 Å². The van der Waals surface area contributed by atoms with E-state index in [1.165, 1.54) is 5.56 Å². The van der Waals surface area contributed by atoms with Crippen LogP contribution in [0.3, 0.4) is 0 Å². The monoisotopic (exact) mass is 261 g/mol. The van der Waals surface area contributed by atoms with Crippen molar-refractivity contribution in [2.24, 2.45) is 0 Å². The number of likely N-dealkylation sites (N-methyl/N-ethyl adjacent to an activating group) is 3. The molecule has 0 aromatic heterocycles. The lowest BCUT2D eigenvalue weighted by Crippen LogP contribution is -2.47. The fourth-order valence-electron chi connectivity index (χ4n) is 2.76. The zero-order chi connectivity index (χ0) is 14.2. The normalized spacial score (nSPS) is 16.7. The minimum Gasteiger partial charge on any atom is -0.315 e. The highest BCUT2D eigenvalue weighted by Gasteiger charge is 2.30. The lowest BCUT2D eigenvalue weighted by Gasteiger charge is -2.34. The number of amides is 1. The minimum atomic E-state index is -0.0580. The average molecular weight is 261 g/mol. The van der Waals surface area contributed by atoms with Gasteiger partial charge in [-0.3, -0.25) is 4.79 Å². The zero-order valence-electron chi connectivity index (χ0n) is 12.4. The Kier molecular flexibility index (Phi) is 3.65. The molecular weight excluding hydrogens is 238 g/mol. The maximum absolute atomic E-state index is 11.7. The van der Waals surface area contributed by atoms with Crippen LogP contribution in [-0.4, -0.2) is 32.6 Å². The Hall–Kier alpha value is -1.39. The zero-order valence-corrected chi connectivity index (χ0v) is 12.4. The fraction of sp³-hybridized carbons (Fsp3) is 0.533. The number of carbonyl (C=O) groups is 1. The molecule has 0 saturated carbocycles. The van der Waals surface area contributed by atoms with Gasteiger partial charge in [-0.15, -0.1) is 0 Å². The number of hydrogen-bond acceptors (Lipinski definition) is 3. The Morgan fingerprint density at radius 1 is 1.32 bits per heavy atom. The molecule has 1 heterocycles. The van der Waals surface area contributed by atoms with Crippen LogP contribution in [0.2, 0.25) is 0 Å². The number of carbonyl (C=O) groups excluding carboxylic acids is 1. The van der Waals surface area contributed by atoms with Gasteiger partial charge in [0.25, 0.3) is 0 Å². The highest BCUT2D eigenvalue weighted by Crippen LogP contribution is 2.32. The summed E-state index contributed by atoms with van der Waals surface area (Å²) in [7, 11) is 5.77. The van der Waals surface area contributed by atoms with E-state index < -0.39 is 0 Å². The van der Waals surface area contributed by atoms with Crippen molar-refractivity contribution in [3.63, 3.8) is 0 Å². The third-order valence-corrected chi connectivity index (χ3v) is 4.17. The van der Waals surface area contributed by atoms with Crippen molar-refractivity contribution in [1.82, 2.24) is 10.6 Å². The first-order valence-electron chi connectivity index (χ1n) is 6.66. The molecule has 2 rings (SSSR count). The van der Waals surface area contributed by atoms with Gasteiger partial charge in [-0.1, -0.05) is 12.1 Å². The SMILES string of the molecule is CNC(c1ccc2c(c1)CC(=O)N2C)C(C)(C)NC. The molecule has 0 bridgehead atoms. The second-order valence-electron chi connectivity index (χ2n) is 5.71. The van der Waals surface area contributed by atoms with Crippen molar-refractivity contribution in [2.75, 3.05) is 26.0 Å². The van der Waals surface area contributed by atoms with Gasteiger partial charge in [0, 0.05) is 24.3 Å². The summed E-state index contributed by atoms with van der Waals surface area (Å²) < 4.78 is 0. The Morgan fingerprint density at radius 2 is 2.00 bits per heavy atom. The Morgan fingerprint density at radius 3 is 2.58 bits per heavy atom. The highest BCUT2D eigenvalue weighted by molar-refractivity contribution is 6.00. The van der Waals surface area contributed by atoms with Crippen LogP contribution in [0.25, 0.3) is 0 Å². The molecule has 1 aromatic carbocycles. The number of benzene rings is 1. The summed E-state index contributed by atoms with van der Waals surface area (Å²) in [5.41, 5.74) is 3.31. The van der Waals surface area contributed by atoms with Gasteiger partial charge < -0.3 is 15.5 Å². The molecule has 0 radical (unpaired) electrons. The quantitative estimate of drug-likeness (QED) is 0.862. The van der Waals surface area contributed by atoms with E-state index in [0.29, 0.717) is 6.42 Å². The number of anilines is 1. The van der Waals surface area contributed by atoms with Crippen LogP contribution in [-0.2, 0) is 11.2 Å². The van der Waals surface area contributed by atoms with Crippen LogP contribution in [0.15, 0.2) is 18.2 Å². The van der Waals surface area contributed by atoms with Crippen molar-refractivity contribution in [1.29, 1.82) is 0 Å². The number of nitrogens with zero attached hydrogens (tertiary/aromatic N) is 1. The molecule has 104 valence electrons. The molecule has 1 unspecified atom stereocenters. The molecule has 1 aliphatic rings. The van der Waals surface area contributed by atoms with E-state index >= 15 is 0 Å². The number of hydrogen-bond donors (Lipinski definition) is 2. The first-order chi connectivity index (χ1) is 8.90. The Bertz CT molecular complexity index is 496. The van der Waals surface area contributed by atoms with E-state index in [-0.39, 0.29) is 17.5 Å². The fourth-order valence-corrected chi connectivity index (χ4v) is 2.76. The molecule has 0 aliphatic carbocycles. The Balaban J connectivity index is 2.38. The van der Waals surface area contributed by atoms with Crippen molar-refractivity contribution < 1.29 is 4.79 Å². The van der Waals surface area contributed by atoms with Crippen LogP contribution in [0.1, 0.15) is 31.0 Å². The summed E-state index contributed by atoms with van der Waals surface area (Å²) in [6.07, 6.45) is 0.510. The van der Waals surface area contributed by atoms with E-state index in [1.54, 1.807) is 4.90 Å². The standard InChI is InChI=1S/C15H23N3O/c1-15(2,17-4)14(16-3)10-6-7-12-11(8-10)9-13(19)18(12)5/h6-8,14,16-17H,9H2,1-5H3. The molecule has 4 heteroatoms. The van der Waals surface area contributed by atoms with Crippen molar-refractivity contribution in [2.45, 2.75) is 31.8 Å². The van der Waals surface area contributed by atoms with Gasteiger partial charge in [-0.2, -0.15) is 0 Å². The minimum absolute atomic E-state index is 0.0580. The topological polar surface area (TPSA) is 44.4 Å². The van der Waals surface area contributed by atoms with Gasteiger partial charge in [-0.05, 0) is 45.1 Å². The van der Waals surface area contributed by atoms with Gasteiger partial charge >= 0.3 is 0 Å². The molecule has 0 spiro atoms. The smallest absolute Gasteiger partial charge is 0.231 e. The van der Waals surface area contributed by atoms with Crippen LogP contribution >= 0.6 is 0 Å². The van der Waals surface area contributed by atoms with Gasteiger partial charge in [0.15, 0.2) is 0 Å². The summed E-state index contributed by atoms with van der Waals surface area (Å²) in [5, 5.41) is 6.70. The summed E-state index contributed by atoms with van der Waals surface area (Å²) >= 11 is 0. The van der Waals surface area contributed by atoms with Gasteiger partial charge in [0.2, 0.25) is 5.91 Å². The van der Waals surface area contributed by atoms with Crippen molar-refractivity contribution >= 4 is 11.6 Å². The van der Waals surface area contributed by atoms with E-state index in [9.17, 15) is 4.79 Å². The highest BCUT2D eigenvalue weighted by atomic mass is 16.2. The predicted octanol–water partition coefficient (Wildman–Crippen LogP) is 1.46. The average Bonchev–Trinajstić information content (AvgIpc) is 2.65. The molecule has 1 aromatic rings. The molecular formula is C15H23N3O. The van der Waals surface area contributed by atoms with Gasteiger partial charge in [-0.25, -0.2) is 0 Å². The molecule has 0 fully saturated rings. The number of nitrogens with one attached hydrogen (secondary N) is 2. The maximum Gasteiger partial charge on any atom is 0.231 e. The predicted molar refractivity (Wildman–Crippen MR) is 78.5 cm³/mol. The van der Waals surface area contributed by atoms with Crippen LogP contribution in [0.5, 0.6) is 0 Å². The summed E-state index contributed by atoms with van der Waals surface area (Å²) in [6.45, 7) is 4.33. The van der Waals surface area contributed by atoms with Gasteiger partial charge in [0.1, 0.15) is 0 Å². The lowest BCUT2D eigenvalue weighted by atomic mass is 9.88. The van der Waals surface area contributed by atoms with Crippen molar-refractivity contribution in [3.05, 3.63) is 29.3 Å². The molecule has 1 amide bonds. The van der Waals surface area contributed by atoms with E-state index in [0.717, 1.165) is 11.3 Å². The van der Waals surface area contributed by atoms with Crippen LogP contribution < -0.4 is 15.5 Å². The summed E-state index contributed by atoms with van der Waals surface area (Å²) in [4.78, 5) is 13.5. The molecule has 2 N–H and O–H groups in total. The lowest BCUT2D eigenvalue weighted by molar-refractivity contribution is -0.117. The maximum atomic E-state index is 11.7. The molecule has 1 atom stereocenters. The molecule has 19 heavy (non-hydrogen) atoms. The number of fused-ring (bicyclic) bond motifs is 1. The first kappa shape index (κ1) is 14.0. The van der Waals surface area contributed by atoms with Crippen molar-refractivity contribution in [3.8, 4) is 0 Å². The van der Waals surface area contributed by atoms with Crippen LogP contribution in [0, 0.1) is 0 Å². The molecule has 4 nitrogen and oxygen atoms in total. The third-order valence-electron chi connectivity index (χ3n) is 4.17. The van der Waals surface area contributed by atoms with Gasteiger partial charge in [0.05, 0.1) is 6.42 Å². The summed E-state index contributed by atoms with van der Waals surface area (Å²) in [6, 6.07) is 6.50. The second kappa shape index (κ2) is 4.94. The second-order valence-corrected chi connectivity index (χ2v) is 5.71. The largest absolute Gasteiger partial charge is 0.315 e. The molecule has 0 saturated heterocycles.